The van der Waals surface area contributed by atoms with E-state index in [9.17, 15) is 36.3 Å². The number of rotatable bonds is 4. The molecular weight excluding hydrogens is 523 g/mol. The standard InChI is InChI=1S/C27H17F5N4O3/c1-34-22(37)14-21(33-18-8-2-15(3-9-18)27(30,31)32)23-24(34)35(19-10-4-16(28)5-11-19)26(39)36(25(23)38)20-12-6-17(29)7-13-20/h2-14,33H,1H3. The van der Waals surface area contributed by atoms with Crippen LogP contribution >= 0.6 is 0 Å². The second-order valence-corrected chi connectivity index (χ2v) is 8.57. The summed E-state index contributed by atoms with van der Waals surface area (Å²) in [6.45, 7) is 0. The summed E-state index contributed by atoms with van der Waals surface area (Å²) in [7, 11) is 1.33. The van der Waals surface area contributed by atoms with Gasteiger partial charge in [0, 0.05) is 18.8 Å². The van der Waals surface area contributed by atoms with Crippen LogP contribution in [0.1, 0.15) is 5.56 Å². The maximum absolute atomic E-state index is 13.8. The van der Waals surface area contributed by atoms with Crippen LogP contribution in [0.4, 0.5) is 33.3 Å². The summed E-state index contributed by atoms with van der Waals surface area (Å²) in [4.78, 5) is 40.5. The Bertz CT molecular complexity index is 1890. The topological polar surface area (TPSA) is 78.0 Å². The molecule has 0 amide bonds. The van der Waals surface area contributed by atoms with Crippen molar-refractivity contribution in [1.82, 2.24) is 13.7 Å². The molecule has 1 N–H and O–H groups in total. The van der Waals surface area contributed by atoms with E-state index in [1.54, 1.807) is 0 Å². The van der Waals surface area contributed by atoms with Gasteiger partial charge in [0.2, 0.25) is 0 Å². The summed E-state index contributed by atoms with van der Waals surface area (Å²) >= 11 is 0. The molecule has 3 aromatic carbocycles. The molecule has 0 bridgehead atoms. The lowest BCUT2D eigenvalue weighted by Crippen LogP contribution is -2.40. The number of hydrogen-bond donors (Lipinski definition) is 1. The van der Waals surface area contributed by atoms with Crippen LogP contribution in [0.25, 0.3) is 22.4 Å². The molecule has 0 radical (unpaired) electrons. The molecule has 0 unspecified atom stereocenters. The van der Waals surface area contributed by atoms with Gasteiger partial charge in [-0.3, -0.25) is 14.2 Å². The fourth-order valence-electron chi connectivity index (χ4n) is 4.18. The number of aryl methyl sites for hydroxylation is 1. The maximum atomic E-state index is 13.8. The Balaban J connectivity index is 1.86. The molecule has 5 rings (SSSR count). The van der Waals surface area contributed by atoms with E-state index in [0.29, 0.717) is 0 Å². The minimum absolute atomic E-state index is 0.0125. The van der Waals surface area contributed by atoms with Crippen molar-refractivity contribution in [3.8, 4) is 11.4 Å². The average Bonchev–Trinajstić information content (AvgIpc) is 2.88. The van der Waals surface area contributed by atoms with Crippen molar-refractivity contribution in [1.29, 1.82) is 0 Å². The Morgan fingerprint density at radius 1 is 0.718 bits per heavy atom. The van der Waals surface area contributed by atoms with Crippen LogP contribution in [0.15, 0.2) is 93.2 Å². The Hall–Kier alpha value is -5.00. The molecule has 0 aliphatic heterocycles. The normalized spacial score (nSPS) is 11.6. The van der Waals surface area contributed by atoms with Gasteiger partial charge in [-0.2, -0.15) is 13.2 Å². The first-order chi connectivity index (χ1) is 18.5. The molecule has 0 fully saturated rings. The fourth-order valence-corrected chi connectivity index (χ4v) is 4.18. The van der Waals surface area contributed by atoms with Gasteiger partial charge in [-0.1, -0.05) is 0 Å². The van der Waals surface area contributed by atoms with Gasteiger partial charge in [0.25, 0.3) is 11.1 Å². The number of benzene rings is 3. The van der Waals surface area contributed by atoms with Gasteiger partial charge in [-0.25, -0.2) is 22.7 Å². The smallest absolute Gasteiger partial charge is 0.355 e. The summed E-state index contributed by atoms with van der Waals surface area (Å²) in [5.74, 6) is -1.21. The molecule has 0 saturated heterocycles. The Kier molecular flexibility index (Phi) is 6.17. The van der Waals surface area contributed by atoms with Crippen LogP contribution in [-0.4, -0.2) is 13.7 Å². The van der Waals surface area contributed by atoms with Crippen LogP contribution in [0.3, 0.4) is 0 Å². The summed E-state index contributed by atoms with van der Waals surface area (Å²) in [6.07, 6.45) is -4.57. The zero-order valence-electron chi connectivity index (χ0n) is 20.0. The molecule has 0 aliphatic rings. The predicted octanol–water partition coefficient (Wildman–Crippen LogP) is 4.88. The molecule has 2 aromatic heterocycles. The average molecular weight is 540 g/mol. The number of anilines is 2. The van der Waals surface area contributed by atoms with Gasteiger partial charge in [0.05, 0.1) is 22.6 Å². The summed E-state index contributed by atoms with van der Waals surface area (Å²) < 4.78 is 69.2. The molecule has 7 nitrogen and oxygen atoms in total. The molecule has 39 heavy (non-hydrogen) atoms. The van der Waals surface area contributed by atoms with Crippen molar-refractivity contribution in [2.45, 2.75) is 6.18 Å². The number of pyridine rings is 1. The number of fused-ring (bicyclic) bond motifs is 1. The van der Waals surface area contributed by atoms with Crippen molar-refractivity contribution in [2.24, 2.45) is 7.05 Å². The highest BCUT2D eigenvalue weighted by atomic mass is 19.4. The van der Waals surface area contributed by atoms with Crippen molar-refractivity contribution < 1.29 is 22.0 Å². The van der Waals surface area contributed by atoms with Crippen LogP contribution in [0.5, 0.6) is 0 Å². The molecular formula is C27H17F5N4O3. The van der Waals surface area contributed by atoms with Gasteiger partial charge in [0.1, 0.15) is 22.7 Å². The van der Waals surface area contributed by atoms with E-state index in [0.717, 1.165) is 68.3 Å². The van der Waals surface area contributed by atoms with E-state index < -0.39 is 40.2 Å². The van der Waals surface area contributed by atoms with Crippen LogP contribution < -0.4 is 22.1 Å². The molecule has 12 heteroatoms. The summed E-state index contributed by atoms with van der Waals surface area (Å²) in [6, 6.07) is 14.2. The Labute approximate surface area is 215 Å². The molecule has 0 aliphatic carbocycles. The van der Waals surface area contributed by atoms with Gasteiger partial charge < -0.3 is 5.32 Å². The van der Waals surface area contributed by atoms with Crippen molar-refractivity contribution in [3.63, 3.8) is 0 Å². The first kappa shape index (κ1) is 25.6. The lowest BCUT2D eigenvalue weighted by Gasteiger charge is -2.19. The number of nitrogens with one attached hydrogen (secondary N) is 1. The van der Waals surface area contributed by atoms with E-state index in [1.165, 1.54) is 31.3 Å². The monoisotopic (exact) mass is 540 g/mol. The molecule has 0 atom stereocenters. The van der Waals surface area contributed by atoms with Gasteiger partial charge in [-0.15, -0.1) is 0 Å². The van der Waals surface area contributed by atoms with E-state index >= 15 is 0 Å². The highest BCUT2D eigenvalue weighted by Crippen LogP contribution is 2.31. The number of aromatic nitrogens is 3. The number of nitrogens with zero attached hydrogens (tertiary/aromatic N) is 3. The quantitative estimate of drug-likeness (QED) is 0.330. The molecule has 2 heterocycles. The lowest BCUT2D eigenvalue weighted by molar-refractivity contribution is -0.137. The summed E-state index contributed by atoms with van der Waals surface area (Å²) in [5, 5.41) is 2.62. The van der Waals surface area contributed by atoms with Crippen molar-refractivity contribution in [2.75, 3.05) is 5.32 Å². The predicted molar refractivity (Wildman–Crippen MR) is 135 cm³/mol. The zero-order chi connectivity index (χ0) is 28.1. The molecule has 198 valence electrons. The Morgan fingerprint density at radius 3 is 1.74 bits per heavy atom. The van der Waals surface area contributed by atoms with E-state index in [2.05, 4.69) is 5.32 Å². The van der Waals surface area contributed by atoms with E-state index in [4.69, 9.17) is 0 Å². The van der Waals surface area contributed by atoms with Crippen molar-refractivity contribution in [3.05, 3.63) is 127 Å². The third kappa shape index (κ3) is 4.60. The largest absolute Gasteiger partial charge is 0.416 e. The maximum Gasteiger partial charge on any atom is 0.416 e. The second kappa shape index (κ2) is 9.39. The first-order valence-corrected chi connectivity index (χ1v) is 11.3. The second-order valence-electron chi connectivity index (χ2n) is 8.57. The van der Waals surface area contributed by atoms with Crippen molar-refractivity contribution >= 4 is 22.4 Å². The van der Waals surface area contributed by atoms with Gasteiger partial charge in [0.15, 0.2) is 0 Å². The van der Waals surface area contributed by atoms with Gasteiger partial charge >= 0.3 is 11.9 Å². The molecule has 0 spiro atoms. The van der Waals surface area contributed by atoms with Crippen LogP contribution in [0.2, 0.25) is 0 Å². The SMILES string of the molecule is Cn1c(=O)cc(Nc2ccc(C(F)(F)F)cc2)c2c(=O)n(-c3ccc(F)cc3)c(=O)n(-c3ccc(F)cc3)c21. The molecule has 0 saturated carbocycles. The lowest BCUT2D eigenvalue weighted by atomic mass is 10.2. The van der Waals surface area contributed by atoms with E-state index in [-0.39, 0.29) is 33.8 Å². The number of alkyl halides is 3. The highest BCUT2D eigenvalue weighted by molar-refractivity contribution is 5.91. The highest BCUT2D eigenvalue weighted by Gasteiger charge is 2.30. The number of hydrogen-bond acceptors (Lipinski definition) is 4. The first-order valence-electron chi connectivity index (χ1n) is 11.3. The third-order valence-corrected chi connectivity index (χ3v) is 6.08. The summed E-state index contributed by atoms with van der Waals surface area (Å²) in [5.41, 5.74) is -3.34. The van der Waals surface area contributed by atoms with Crippen LogP contribution in [-0.2, 0) is 13.2 Å². The minimum Gasteiger partial charge on any atom is -0.355 e. The van der Waals surface area contributed by atoms with Crippen LogP contribution in [0, 0.1) is 11.6 Å². The Morgan fingerprint density at radius 2 is 1.23 bits per heavy atom. The third-order valence-electron chi connectivity index (χ3n) is 6.08. The minimum atomic E-state index is -4.57. The number of halogens is 5. The van der Waals surface area contributed by atoms with Gasteiger partial charge in [-0.05, 0) is 72.8 Å². The molecule has 5 aromatic rings. The van der Waals surface area contributed by atoms with E-state index in [1.807, 2.05) is 0 Å². The fraction of sp³-hybridized carbons (Fsp3) is 0.0741. The zero-order valence-corrected chi connectivity index (χ0v) is 20.0.